The fourth-order valence-electron chi connectivity index (χ4n) is 1.53. The van der Waals surface area contributed by atoms with Crippen LogP contribution < -0.4 is 5.32 Å². The van der Waals surface area contributed by atoms with Gasteiger partial charge >= 0.3 is 0 Å². The van der Waals surface area contributed by atoms with Gasteiger partial charge in [0.1, 0.15) is 11.6 Å². The second-order valence-corrected chi connectivity index (χ2v) is 5.11. The van der Waals surface area contributed by atoms with Crippen molar-refractivity contribution < 1.29 is 9.90 Å². The highest BCUT2D eigenvalue weighted by Gasteiger charge is 2.12. The Morgan fingerprint density at radius 2 is 2.16 bits per heavy atom. The fraction of sp³-hybridized carbons (Fsp3) is 0.500. The summed E-state index contributed by atoms with van der Waals surface area (Å²) >= 11 is 1.31. The van der Waals surface area contributed by atoms with Gasteiger partial charge in [0.05, 0.1) is 11.4 Å². The molecule has 0 aliphatic rings. The lowest BCUT2D eigenvalue weighted by Crippen LogP contribution is -2.20. The van der Waals surface area contributed by atoms with Crippen molar-refractivity contribution in [3.63, 3.8) is 0 Å². The van der Waals surface area contributed by atoms with Crippen LogP contribution in [0.25, 0.3) is 0 Å². The van der Waals surface area contributed by atoms with Gasteiger partial charge in [-0.25, -0.2) is 4.68 Å². The van der Waals surface area contributed by atoms with Crippen LogP contribution in [0.5, 0.6) is 0 Å². The molecule has 0 bridgehead atoms. The van der Waals surface area contributed by atoms with E-state index >= 15 is 0 Å². The van der Waals surface area contributed by atoms with Gasteiger partial charge < -0.3 is 5.11 Å². The largest absolute Gasteiger partial charge is 0.396 e. The molecule has 0 aliphatic heterocycles. The molecule has 2 N–H and O–H groups in total. The molecule has 0 aliphatic carbocycles. The van der Waals surface area contributed by atoms with E-state index in [1.54, 1.807) is 0 Å². The topological polar surface area (TPSA) is 106 Å². The minimum Gasteiger partial charge on any atom is -0.396 e. The molecule has 0 saturated heterocycles. The monoisotopic (exact) mass is 282 g/mol. The highest BCUT2D eigenvalue weighted by Crippen LogP contribution is 2.13. The van der Waals surface area contributed by atoms with E-state index in [9.17, 15) is 4.79 Å². The molecule has 2 heterocycles. The smallest absolute Gasteiger partial charge is 0.248 e. The molecule has 0 fully saturated rings. The summed E-state index contributed by atoms with van der Waals surface area (Å²) in [6.07, 6.45) is 0.434. The number of anilines is 1. The summed E-state index contributed by atoms with van der Waals surface area (Å²) in [6, 6.07) is 0. The second kappa shape index (κ2) is 5.85. The Balaban J connectivity index is 1.99. The Morgan fingerprint density at radius 1 is 1.37 bits per heavy atom. The molecule has 0 saturated carbocycles. The van der Waals surface area contributed by atoms with Gasteiger partial charge in [-0.15, -0.1) is 15.3 Å². The minimum absolute atomic E-state index is 0.00971. The van der Waals surface area contributed by atoms with E-state index in [4.69, 9.17) is 5.11 Å². The molecule has 0 unspecified atom stereocenters. The first-order chi connectivity index (χ1) is 9.10. The fourth-order valence-corrected chi connectivity index (χ4v) is 2.13. The maximum Gasteiger partial charge on any atom is 0.248 e. The Labute approximate surface area is 113 Å². The Morgan fingerprint density at radius 3 is 2.79 bits per heavy atom. The number of nitrogens with one attached hydrogen (secondary N) is 1. The van der Waals surface area contributed by atoms with Crippen LogP contribution in [-0.2, 0) is 17.8 Å². The molecule has 0 atom stereocenters. The number of hydrogen-bond acceptors (Lipinski definition) is 7. The molecule has 2 aromatic heterocycles. The average molecular weight is 282 g/mol. The van der Waals surface area contributed by atoms with E-state index in [1.165, 1.54) is 16.0 Å². The van der Waals surface area contributed by atoms with E-state index in [0.29, 0.717) is 17.2 Å². The first-order valence-electron chi connectivity index (χ1n) is 5.70. The number of nitrogens with zero attached hydrogens (tertiary/aromatic N) is 5. The van der Waals surface area contributed by atoms with Crippen LogP contribution in [-0.4, -0.2) is 42.8 Å². The predicted octanol–water partition coefficient (Wildman–Crippen LogP) is -0.0801. The van der Waals surface area contributed by atoms with Gasteiger partial charge in [0.25, 0.3) is 0 Å². The van der Waals surface area contributed by atoms with Crippen molar-refractivity contribution in [3.05, 3.63) is 16.4 Å². The maximum atomic E-state index is 11.8. The molecule has 19 heavy (non-hydrogen) atoms. The number of aliphatic hydroxyl groups excluding tert-OH is 1. The van der Waals surface area contributed by atoms with Crippen molar-refractivity contribution in [3.8, 4) is 0 Å². The Kier molecular flexibility index (Phi) is 4.17. The summed E-state index contributed by atoms with van der Waals surface area (Å²) in [4.78, 5) is 11.8. The average Bonchev–Trinajstić information content (AvgIpc) is 2.90. The standard InChI is InChI=1S/C10H14N6O2S/c1-6-8(3-4-17)13-15-16(6)5-9(18)11-10-14-12-7(2)19-10/h17H,3-5H2,1-2H3,(H,11,14,18). The van der Waals surface area contributed by atoms with Gasteiger partial charge in [-0.1, -0.05) is 16.6 Å². The van der Waals surface area contributed by atoms with Crippen LogP contribution in [0.2, 0.25) is 0 Å². The van der Waals surface area contributed by atoms with Crippen molar-refractivity contribution in [2.45, 2.75) is 26.8 Å². The summed E-state index contributed by atoms with van der Waals surface area (Å²) in [6.45, 7) is 3.70. The van der Waals surface area contributed by atoms with E-state index in [2.05, 4.69) is 25.8 Å². The molecular weight excluding hydrogens is 268 g/mol. The third-order valence-electron chi connectivity index (χ3n) is 2.49. The number of aliphatic hydroxyl groups is 1. The molecule has 2 rings (SSSR count). The highest BCUT2D eigenvalue weighted by molar-refractivity contribution is 7.15. The van der Waals surface area contributed by atoms with Crippen molar-refractivity contribution >= 4 is 22.4 Å². The van der Waals surface area contributed by atoms with Gasteiger partial charge in [0.2, 0.25) is 11.0 Å². The minimum atomic E-state index is -0.236. The van der Waals surface area contributed by atoms with Crippen LogP contribution in [0.3, 0.4) is 0 Å². The molecule has 2 aromatic rings. The second-order valence-electron chi connectivity index (χ2n) is 3.93. The van der Waals surface area contributed by atoms with E-state index in [0.717, 1.165) is 10.7 Å². The van der Waals surface area contributed by atoms with Crippen LogP contribution in [0, 0.1) is 13.8 Å². The van der Waals surface area contributed by atoms with Crippen LogP contribution in [0.1, 0.15) is 16.4 Å². The van der Waals surface area contributed by atoms with Gasteiger partial charge in [-0.3, -0.25) is 10.1 Å². The molecule has 0 spiro atoms. The quantitative estimate of drug-likeness (QED) is 0.794. The zero-order chi connectivity index (χ0) is 13.8. The molecule has 9 heteroatoms. The summed E-state index contributed by atoms with van der Waals surface area (Å²) in [5.41, 5.74) is 1.47. The maximum absolute atomic E-state index is 11.8. The lowest BCUT2D eigenvalue weighted by atomic mass is 10.3. The predicted molar refractivity (Wildman–Crippen MR) is 68.8 cm³/mol. The van der Waals surface area contributed by atoms with Gasteiger partial charge in [-0.2, -0.15) is 0 Å². The number of aryl methyl sites for hydroxylation is 1. The van der Waals surface area contributed by atoms with Gasteiger partial charge in [-0.05, 0) is 13.8 Å². The number of carbonyl (C=O) groups is 1. The summed E-state index contributed by atoms with van der Waals surface area (Å²) in [7, 11) is 0. The van der Waals surface area contributed by atoms with Crippen LogP contribution >= 0.6 is 11.3 Å². The van der Waals surface area contributed by atoms with Crippen LogP contribution in [0.15, 0.2) is 0 Å². The first-order valence-corrected chi connectivity index (χ1v) is 6.51. The molecule has 8 nitrogen and oxygen atoms in total. The Hall–Kier alpha value is -1.87. The van der Waals surface area contributed by atoms with Crippen LogP contribution in [0.4, 0.5) is 5.13 Å². The zero-order valence-electron chi connectivity index (χ0n) is 10.6. The summed E-state index contributed by atoms with van der Waals surface area (Å²) in [5.74, 6) is -0.236. The third-order valence-corrected chi connectivity index (χ3v) is 3.25. The van der Waals surface area contributed by atoms with Crippen molar-refractivity contribution in [1.29, 1.82) is 0 Å². The lowest BCUT2D eigenvalue weighted by Gasteiger charge is -2.03. The third kappa shape index (κ3) is 3.32. The molecular formula is C10H14N6O2S. The van der Waals surface area contributed by atoms with E-state index < -0.39 is 0 Å². The van der Waals surface area contributed by atoms with Crippen molar-refractivity contribution in [2.24, 2.45) is 0 Å². The van der Waals surface area contributed by atoms with Gasteiger partial charge in [0, 0.05) is 13.0 Å². The summed E-state index contributed by atoms with van der Waals surface area (Å²) in [5, 5.41) is 28.2. The zero-order valence-corrected chi connectivity index (χ0v) is 11.4. The molecule has 1 amide bonds. The normalized spacial score (nSPS) is 10.7. The van der Waals surface area contributed by atoms with E-state index in [1.807, 2.05) is 13.8 Å². The number of aromatic nitrogens is 5. The lowest BCUT2D eigenvalue weighted by molar-refractivity contribution is -0.117. The van der Waals surface area contributed by atoms with E-state index in [-0.39, 0.29) is 19.1 Å². The summed E-state index contributed by atoms with van der Waals surface area (Å²) < 4.78 is 1.49. The molecule has 0 aromatic carbocycles. The highest BCUT2D eigenvalue weighted by atomic mass is 32.1. The number of rotatable bonds is 5. The van der Waals surface area contributed by atoms with Crippen molar-refractivity contribution in [1.82, 2.24) is 25.2 Å². The van der Waals surface area contributed by atoms with Gasteiger partial charge in [0.15, 0.2) is 0 Å². The first kappa shape index (κ1) is 13.6. The molecule has 102 valence electrons. The van der Waals surface area contributed by atoms with Crippen molar-refractivity contribution in [2.75, 3.05) is 11.9 Å². The number of amides is 1. The SMILES string of the molecule is Cc1nnc(NC(=O)Cn2nnc(CCO)c2C)s1. The number of hydrogen-bond donors (Lipinski definition) is 2. The Bertz CT molecular complexity index is 578. The molecule has 0 radical (unpaired) electrons. The number of carbonyl (C=O) groups excluding carboxylic acids is 1.